The van der Waals surface area contributed by atoms with Gasteiger partial charge in [-0.2, -0.15) is 0 Å². The van der Waals surface area contributed by atoms with Crippen LogP contribution in [0, 0.1) is 6.92 Å². The van der Waals surface area contributed by atoms with Crippen LogP contribution in [-0.4, -0.2) is 32.1 Å². The van der Waals surface area contributed by atoms with E-state index in [1.54, 1.807) is 23.1 Å². The number of carbonyl (C=O) groups is 1. The number of carbonyl (C=O) groups excluding carboxylic acids is 1. The second-order valence-electron chi connectivity index (χ2n) is 6.25. The minimum Gasteiger partial charge on any atom is -0.458 e. The third kappa shape index (κ3) is 2.79. The first-order chi connectivity index (χ1) is 12.5. The van der Waals surface area contributed by atoms with Crippen molar-refractivity contribution in [3.8, 4) is 11.6 Å². The molecule has 0 spiro atoms. The summed E-state index contributed by atoms with van der Waals surface area (Å²) in [6.07, 6.45) is 0. The summed E-state index contributed by atoms with van der Waals surface area (Å²) in [5.41, 5.74) is 0.501. The van der Waals surface area contributed by atoms with Crippen LogP contribution in [0.2, 0.25) is 10.0 Å². The fraction of sp³-hybridized carbons (Fsp3) is 0.278. The predicted molar refractivity (Wildman–Crippen MR) is 98.4 cm³/mol. The number of aryl methyl sites for hydroxylation is 1. The molecule has 0 radical (unpaired) electrons. The number of furan rings is 1. The standard InChI is InChI=1S/C18H16Cl2N4O2/c1-10-3-6-15(26-10)17-22-21-16-11(2)23(7-8-24(16)17)18(25)12-4-5-13(19)14(20)9-12/h3-6,9,11H,7-8H2,1-2H3. The molecule has 6 nitrogen and oxygen atoms in total. The first-order valence-electron chi connectivity index (χ1n) is 8.21. The molecule has 26 heavy (non-hydrogen) atoms. The van der Waals surface area contributed by atoms with Gasteiger partial charge in [0.2, 0.25) is 0 Å². The van der Waals surface area contributed by atoms with Gasteiger partial charge in [0, 0.05) is 18.7 Å². The molecule has 134 valence electrons. The smallest absolute Gasteiger partial charge is 0.254 e. The Bertz CT molecular complexity index is 995. The van der Waals surface area contributed by atoms with E-state index in [1.165, 1.54) is 0 Å². The summed E-state index contributed by atoms with van der Waals surface area (Å²) in [5.74, 6) is 2.80. The van der Waals surface area contributed by atoms with Gasteiger partial charge in [0.1, 0.15) is 5.76 Å². The van der Waals surface area contributed by atoms with Crippen LogP contribution in [0.1, 0.15) is 34.9 Å². The van der Waals surface area contributed by atoms with Gasteiger partial charge in [-0.1, -0.05) is 23.2 Å². The molecule has 3 heterocycles. The Hall–Kier alpha value is -2.31. The van der Waals surface area contributed by atoms with E-state index in [-0.39, 0.29) is 11.9 Å². The molecular weight excluding hydrogens is 375 g/mol. The Kier molecular flexibility index (Phi) is 4.25. The van der Waals surface area contributed by atoms with Gasteiger partial charge in [0.05, 0.1) is 16.1 Å². The lowest BCUT2D eigenvalue weighted by atomic mass is 10.1. The van der Waals surface area contributed by atoms with E-state index in [9.17, 15) is 4.79 Å². The Morgan fingerprint density at radius 2 is 1.96 bits per heavy atom. The zero-order valence-corrected chi connectivity index (χ0v) is 15.8. The number of hydrogen-bond acceptors (Lipinski definition) is 4. The molecule has 0 saturated heterocycles. The summed E-state index contributed by atoms with van der Waals surface area (Å²) in [4.78, 5) is 14.7. The molecule has 1 amide bonds. The second-order valence-corrected chi connectivity index (χ2v) is 7.06. The predicted octanol–water partition coefficient (Wildman–Crippen LogP) is 4.37. The summed E-state index contributed by atoms with van der Waals surface area (Å²) in [7, 11) is 0. The number of fused-ring (bicyclic) bond motifs is 1. The van der Waals surface area contributed by atoms with Gasteiger partial charge >= 0.3 is 0 Å². The van der Waals surface area contributed by atoms with Crippen LogP contribution in [0.15, 0.2) is 34.7 Å². The highest BCUT2D eigenvalue weighted by atomic mass is 35.5. The van der Waals surface area contributed by atoms with E-state index < -0.39 is 0 Å². The SMILES string of the molecule is Cc1ccc(-c2nnc3n2CCN(C(=O)c2ccc(Cl)c(Cl)c2)C3C)o1. The third-order valence-corrected chi connectivity index (χ3v) is 5.31. The van der Waals surface area contributed by atoms with Crippen LogP contribution in [0.3, 0.4) is 0 Å². The highest BCUT2D eigenvalue weighted by molar-refractivity contribution is 6.42. The lowest BCUT2D eigenvalue weighted by Crippen LogP contribution is -2.41. The van der Waals surface area contributed by atoms with Crippen molar-refractivity contribution in [2.45, 2.75) is 26.4 Å². The Morgan fingerprint density at radius 1 is 1.15 bits per heavy atom. The molecule has 0 bridgehead atoms. The van der Waals surface area contributed by atoms with E-state index in [4.69, 9.17) is 27.6 Å². The largest absolute Gasteiger partial charge is 0.458 e. The normalized spacial score (nSPS) is 16.6. The maximum atomic E-state index is 12.9. The van der Waals surface area contributed by atoms with Crippen LogP contribution >= 0.6 is 23.2 Å². The second kappa shape index (κ2) is 6.45. The van der Waals surface area contributed by atoms with E-state index in [1.807, 2.05) is 30.5 Å². The summed E-state index contributed by atoms with van der Waals surface area (Å²) in [6, 6.07) is 8.46. The van der Waals surface area contributed by atoms with Crippen LogP contribution < -0.4 is 0 Å². The topological polar surface area (TPSA) is 64.2 Å². The number of nitrogens with zero attached hydrogens (tertiary/aromatic N) is 4. The van der Waals surface area contributed by atoms with Crippen molar-refractivity contribution in [1.29, 1.82) is 0 Å². The monoisotopic (exact) mass is 390 g/mol. The van der Waals surface area contributed by atoms with Gasteiger partial charge < -0.3 is 13.9 Å². The summed E-state index contributed by atoms with van der Waals surface area (Å²) in [6.45, 7) is 4.95. The van der Waals surface area contributed by atoms with E-state index in [0.29, 0.717) is 40.3 Å². The Morgan fingerprint density at radius 3 is 2.65 bits per heavy atom. The molecule has 4 rings (SSSR count). The van der Waals surface area contributed by atoms with Gasteiger partial charge in [0.15, 0.2) is 17.4 Å². The lowest BCUT2D eigenvalue weighted by Gasteiger charge is -2.33. The molecule has 1 aliphatic rings. The van der Waals surface area contributed by atoms with Crippen LogP contribution in [0.4, 0.5) is 0 Å². The summed E-state index contributed by atoms with van der Waals surface area (Å²) < 4.78 is 7.67. The van der Waals surface area contributed by atoms with Crippen molar-refractivity contribution in [2.24, 2.45) is 0 Å². The van der Waals surface area contributed by atoms with Crippen molar-refractivity contribution in [3.63, 3.8) is 0 Å². The highest BCUT2D eigenvalue weighted by Gasteiger charge is 2.32. The Balaban J connectivity index is 1.64. The molecule has 0 N–H and O–H groups in total. The fourth-order valence-corrected chi connectivity index (χ4v) is 3.49. The summed E-state index contributed by atoms with van der Waals surface area (Å²) >= 11 is 12.0. The van der Waals surface area contributed by atoms with Crippen LogP contribution in [-0.2, 0) is 6.54 Å². The number of rotatable bonds is 2. The van der Waals surface area contributed by atoms with Crippen molar-refractivity contribution in [2.75, 3.05) is 6.54 Å². The molecule has 0 aliphatic carbocycles. The lowest BCUT2D eigenvalue weighted by molar-refractivity contribution is 0.0638. The van der Waals surface area contributed by atoms with E-state index in [2.05, 4.69) is 10.2 Å². The summed E-state index contributed by atoms with van der Waals surface area (Å²) in [5, 5.41) is 9.35. The van der Waals surface area contributed by atoms with Gasteiger partial charge in [-0.25, -0.2) is 0 Å². The molecule has 0 fully saturated rings. The minimum atomic E-state index is -0.219. The van der Waals surface area contributed by atoms with Crippen molar-refractivity contribution >= 4 is 29.1 Å². The van der Waals surface area contributed by atoms with Gasteiger partial charge in [-0.15, -0.1) is 10.2 Å². The average Bonchev–Trinajstić information content (AvgIpc) is 3.23. The number of hydrogen-bond donors (Lipinski definition) is 0. The molecule has 0 saturated carbocycles. The first kappa shape index (κ1) is 17.1. The van der Waals surface area contributed by atoms with E-state index in [0.717, 1.165) is 11.6 Å². The molecule has 1 aromatic carbocycles. The maximum Gasteiger partial charge on any atom is 0.254 e. The zero-order valence-electron chi connectivity index (χ0n) is 14.2. The third-order valence-electron chi connectivity index (χ3n) is 4.57. The number of amides is 1. The average molecular weight is 391 g/mol. The number of benzene rings is 1. The van der Waals surface area contributed by atoms with Gasteiger partial charge in [0.25, 0.3) is 5.91 Å². The molecule has 1 aliphatic heterocycles. The van der Waals surface area contributed by atoms with Crippen LogP contribution in [0.5, 0.6) is 0 Å². The molecule has 8 heteroatoms. The van der Waals surface area contributed by atoms with Crippen molar-refractivity contribution in [3.05, 3.63) is 57.5 Å². The van der Waals surface area contributed by atoms with Gasteiger partial charge in [-0.05, 0) is 44.2 Å². The molecule has 1 unspecified atom stereocenters. The van der Waals surface area contributed by atoms with Crippen molar-refractivity contribution in [1.82, 2.24) is 19.7 Å². The first-order valence-corrected chi connectivity index (χ1v) is 8.97. The van der Waals surface area contributed by atoms with Crippen LogP contribution in [0.25, 0.3) is 11.6 Å². The number of halogens is 2. The van der Waals surface area contributed by atoms with Gasteiger partial charge in [-0.3, -0.25) is 4.79 Å². The Labute approximate surface area is 160 Å². The molecular formula is C18H16Cl2N4O2. The van der Waals surface area contributed by atoms with Crippen molar-refractivity contribution < 1.29 is 9.21 Å². The molecule has 1 atom stereocenters. The zero-order chi connectivity index (χ0) is 18.4. The minimum absolute atomic E-state index is 0.110. The molecule has 3 aromatic rings. The molecule has 2 aromatic heterocycles. The maximum absolute atomic E-state index is 12.9. The fourth-order valence-electron chi connectivity index (χ4n) is 3.19. The number of aromatic nitrogens is 3. The highest BCUT2D eigenvalue weighted by Crippen LogP contribution is 2.31. The quantitative estimate of drug-likeness (QED) is 0.651. The van der Waals surface area contributed by atoms with E-state index >= 15 is 0 Å².